The van der Waals surface area contributed by atoms with Gasteiger partial charge in [0.2, 0.25) is 0 Å². The highest BCUT2D eigenvalue weighted by molar-refractivity contribution is 9.11. The topological polar surface area (TPSA) is 85.1 Å². The third kappa shape index (κ3) is 8.44. The van der Waals surface area contributed by atoms with Gasteiger partial charge >= 0.3 is 0 Å². The van der Waals surface area contributed by atoms with E-state index >= 15 is 0 Å². The molecule has 5 heterocycles. The van der Waals surface area contributed by atoms with Crippen molar-refractivity contribution in [3.63, 3.8) is 0 Å². The van der Waals surface area contributed by atoms with Crippen LogP contribution in [0.25, 0.3) is 90.9 Å². The van der Waals surface area contributed by atoms with Crippen LogP contribution in [0.15, 0.2) is 123 Å². The second-order valence-corrected chi connectivity index (χ2v) is 17.6. The summed E-state index contributed by atoms with van der Waals surface area (Å²) >= 11 is 11.9. The van der Waals surface area contributed by atoms with E-state index in [2.05, 4.69) is 170 Å². The molecule has 316 valence electrons. The molecule has 0 fully saturated rings. The highest BCUT2D eigenvalue weighted by atomic mass is 79.9. The predicted molar refractivity (Wildman–Crippen MR) is 271 cm³/mol. The third-order valence-corrected chi connectivity index (χ3v) is 13.4. The van der Waals surface area contributed by atoms with Crippen molar-refractivity contribution in [2.24, 2.45) is 0 Å². The van der Waals surface area contributed by atoms with Crippen molar-refractivity contribution in [2.75, 3.05) is 19.8 Å². The second-order valence-electron chi connectivity index (χ2n) is 15.3. The Kier molecular flexibility index (Phi) is 12.8. The molecule has 7 nitrogen and oxygen atoms in total. The van der Waals surface area contributed by atoms with Crippen LogP contribution in [-0.2, 0) is 0 Å². The van der Waals surface area contributed by atoms with Crippen LogP contribution in [0.3, 0.4) is 0 Å². The maximum absolute atomic E-state index is 6.26. The predicted octanol–water partition coefficient (Wildman–Crippen LogP) is 16.0. The summed E-state index contributed by atoms with van der Waals surface area (Å²) in [6.07, 6.45) is 11.1. The molecular formula is C53H45Br3N4O3. The van der Waals surface area contributed by atoms with Gasteiger partial charge in [0, 0.05) is 61.0 Å². The number of rotatable bonds is 13. The molecule has 0 saturated carbocycles. The number of hydrogen-bond donors (Lipinski definition) is 2. The number of H-pyrrole nitrogens is 2. The van der Waals surface area contributed by atoms with Gasteiger partial charge in [-0.3, -0.25) is 0 Å². The number of benzene rings is 4. The van der Waals surface area contributed by atoms with E-state index in [-0.39, 0.29) is 0 Å². The van der Waals surface area contributed by atoms with Gasteiger partial charge in [0.1, 0.15) is 17.2 Å². The fourth-order valence-electron chi connectivity index (χ4n) is 8.05. The minimum Gasteiger partial charge on any atom is -0.492 e. The average Bonchev–Trinajstić information content (AvgIpc) is 4.15. The van der Waals surface area contributed by atoms with Crippen molar-refractivity contribution < 1.29 is 14.2 Å². The van der Waals surface area contributed by atoms with Crippen molar-refractivity contribution in [3.05, 3.63) is 145 Å². The van der Waals surface area contributed by atoms with E-state index in [1.165, 1.54) is 0 Å². The summed E-state index contributed by atoms with van der Waals surface area (Å²) in [4.78, 5) is 18.7. The van der Waals surface area contributed by atoms with E-state index < -0.39 is 0 Å². The van der Waals surface area contributed by atoms with Gasteiger partial charge < -0.3 is 24.2 Å². The largest absolute Gasteiger partial charge is 0.492 e. The minimum atomic E-state index is 0.599. The molecule has 63 heavy (non-hydrogen) atoms. The first-order valence-corrected chi connectivity index (χ1v) is 23.7. The molecule has 2 N–H and O–H groups in total. The van der Waals surface area contributed by atoms with Gasteiger partial charge in [0.25, 0.3) is 0 Å². The fraction of sp³-hybridized carbons (Fsp3) is 0.170. The Bertz CT molecular complexity index is 3020. The van der Waals surface area contributed by atoms with E-state index in [9.17, 15) is 0 Å². The molecule has 0 amide bonds. The number of nitrogens with one attached hydrogen (secondary N) is 2. The van der Waals surface area contributed by atoms with Crippen molar-refractivity contribution in [1.82, 2.24) is 19.9 Å². The molecule has 0 radical (unpaired) electrons. The molecule has 2 aliphatic heterocycles. The molecule has 9 rings (SSSR count). The summed E-state index contributed by atoms with van der Waals surface area (Å²) in [6, 6.07) is 37.4. The van der Waals surface area contributed by atoms with Gasteiger partial charge in [-0.1, -0.05) is 87.5 Å². The summed E-state index contributed by atoms with van der Waals surface area (Å²) < 4.78 is 21.3. The van der Waals surface area contributed by atoms with Crippen molar-refractivity contribution >= 4 is 94.2 Å². The fourth-order valence-corrected chi connectivity index (χ4v) is 9.78. The molecule has 4 aromatic carbocycles. The molecule has 3 aromatic heterocycles. The molecule has 0 saturated heterocycles. The van der Waals surface area contributed by atoms with E-state index in [0.717, 1.165) is 139 Å². The Balaban J connectivity index is 1.45. The van der Waals surface area contributed by atoms with Crippen molar-refractivity contribution in [3.8, 4) is 61.8 Å². The Labute approximate surface area is 392 Å². The quantitative estimate of drug-likeness (QED) is 0.120. The van der Waals surface area contributed by atoms with E-state index in [1.54, 1.807) is 0 Å². The van der Waals surface area contributed by atoms with Gasteiger partial charge in [-0.25, -0.2) is 9.97 Å². The van der Waals surface area contributed by atoms with Crippen molar-refractivity contribution in [1.29, 1.82) is 0 Å². The maximum Gasteiger partial charge on any atom is 0.134 e. The van der Waals surface area contributed by atoms with Crippen LogP contribution in [0.1, 0.15) is 62.8 Å². The van der Waals surface area contributed by atoms with Crippen LogP contribution in [-0.4, -0.2) is 39.8 Å². The molecule has 0 atom stereocenters. The molecule has 7 aromatic rings. The van der Waals surface area contributed by atoms with Gasteiger partial charge in [0.15, 0.2) is 0 Å². The first-order valence-electron chi connectivity index (χ1n) is 21.3. The van der Waals surface area contributed by atoms with E-state index in [4.69, 9.17) is 24.2 Å². The van der Waals surface area contributed by atoms with Crippen LogP contribution >= 0.6 is 47.8 Å². The first kappa shape index (κ1) is 42.6. The number of nitrogens with zero attached hydrogens (tertiary/aromatic N) is 2. The number of aromatic amines is 2. The third-order valence-electron chi connectivity index (χ3n) is 10.9. The van der Waals surface area contributed by atoms with Gasteiger partial charge in [-0.05, 0) is 139 Å². The lowest BCUT2D eigenvalue weighted by Crippen LogP contribution is -1.97. The summed E-state index contributed by atoms with van der Waals surface area (Å²) in [6.45, 7) is 8.14. The SMILES string of the molecule is CCCOc1cccc(-c2c3nc(c(-c4cccc(OCCC)c4Br)c4ccc([nH]4)c(-c4cccc(OCCC)c4Br)c4nc(c(-c5ccccc5)c5ccc2[nH]5)C=C4)C=C3)c1Br. The maximum atomic E-state index is 6.26. The standard InChI is InChI=1S/C53H45Br3N4O3/c1-4-29-61-44-18-10-15-33(51(44)54)48-38-23-21-36(57-38)47(32-13-8-7-9-14-32)37-22-24-39(58-37)49(34-16-11-19-45(52(34)55)62-30-5-2)41-26-28-43(60-41)50(42-27-25-40(48)59-42)35-17-12-20-46(53(35)56)63-31-6-3/h7-28,57,60H,4-6,29-31H2,1-3H3. The molecule has 0 aliphatic carbocycles. The molecule has 0 spiro atoms. The number of aromatic nitrogens is 4. The van der Waals surface area contributed by atoms with Crippen LogP contribution in [0.4, 0.5) is 0 Å². The molecule has 0 unspecified atom stereocenters. The number of halogens is 3. The van der Waals surface area contributed by atoms with Crippen LogP contribution in [0.2, 0.25) is 0 Å². The Morgan fingerprint density at radius 1 is 0.397 bits per heavy atom. The monoisotopic (exact) mass is 1020 g/mol. The van der Waals surface area contributed by atoms with Gasteiger partial charge in [-0.15, -0.1) is 0 Å². The zero-order valence-corrected chi connectivity index (χ0v) is 40.0. The zero-order valence-electron chi connectivity index (χ0n) is 35.2. The lowest BCUT2D eigenvalue weighted by molar-refractivity contribution is 0.315. The smallest absolute Gasteiger partial charge is 0.134 e. The summed E-state index contributed by atoms with van der Waals surface area (Å²) in [5, 5.41) is 0. The molecule has 10 heteroatoms. The van der Waals surface area contributed by atoms with Crippen molar-refractivity contribution in [2.45, 2.75) is 40.0 Å². The summed E-state index contributed by atoms with van der Waals surface area (Å²) in [5.74, 6) is 2.32. The molecule has 2 aliphatic rings. The molecular weight excluding hydrogens is 980 g/mol. The normalized spacial score (nSPS) is 11.9. The molecule has 8 bridgehead atoms. The number of hydrogen-bond acceptors (Lipinski definition) is 5. The number of ether oxygens (including phenoxy) is 3. The van der Waals surface area contributed by atoms with E-state index in [0.29, 0.717) is 19.8 Å². The van der Waals surface area contributed by atoms with E-state index in [1.807, 2.05) is 42.5 Å². The van der Waals surface area contributed by atoms with Gasteiger partial charge in [-0.2, -0.15) is 0 Å². The average molecular weight is 1030 g/mol. The van der Waals surface area contributed by atoms with Gasteiger partial charge in [0.05, 0.1) is 56.0 Å². The summed E-state index contributed by atoms with van der Waals surface area (Å²) in [7, 11) is 0. The first-order chi connectivity index (χ1) is 30.9. The lowest BCUT2D eigenvalue weighted by atomic mass is 10.0. The lowest BCUT2D eigenvalue weighted by Gasteiger charge is -2.13. The number of fused-ring (bicyclic) bond motifs is 8. The summed E-state index contributed by atoms with van der Waals surface area (Å²) in [5.41, 5.74) is 14.4. The Morgan fingerprint density at radius 2 is 0.730 bits per heavy atom. The van der Waals surface area contributed by atoms with Crippen LogP contribution in [0, 0.1) is 0 Å². The second kappa shape index (κ2) is 19.0. The minimum absolute atomic E-state index is 0.599. The highest BCUT2D eigenvalue weighted by Gasteiger charge is 2.23. The zero-order chi connectivity index (χ0) is 43.5. The van der Waals surface area contributed by atoms with Crippen LogP contribution < -0.4 is 14.2 Å². The Hall–Kier alpha value is -5.68. The Morgan fingerprint density at radius 3 is 1.08 bits per heavy atom. The van der Waals surface area contributed by atoms with Crippen LogP contribution in [0.5, 0.6) is 17.2 Å². The highest BCUT2D eigenvalue weighted by Crippen LogP contribution is 2.45.